The number of nitrogens with two attached hydrogens (primary N) is 1. The van der Waals surface area contributed by atoms with Crippen LogP contribution in [0, 0.1) is 5.92 Å². The molecule has 2 aromatic rings. The van der Waals surface area contributed by atoms with E-state index in [2.05, 4.69) is 10.3 Å². The number of ether oxygens (including phenoxy) is 1. The molecule has 0 aliphatic carbocycles. The molecule has 1 saturated heterocycles. The molecule has 1 atom stereocenters. The van der Waals surface area contributed by atoms with Gasteiger partial charge in [0.1, 0.15) is 5.75 Å². The minimum Gasteiger partial charge on any atom is -0.494 e. The number of amides is 2. The molecule has 0 saturated carbocycles. The smallest absolute Gasteiger partial charge is 0.335 e. The summed E-state index contributed by atoms with van der Waals surface area (Å²) < 4.78 is 5.38. The minimum absolute atomic E-state index is 0.0454. The van der Waals surface area contributed by atoms with E-state index in [-0.39, 0.29) is 22.1 Å². The Hall–Kier alpha value is -3.79. The van der Waals surface area contributed by atoms with E-state index in [9.17, 15) is 14.4 Å². The number of hydrogen-bond donors (Lipinski definition) is 3. The first-order chi connectivity index (χ1) is 14.3. The first kappa shape index (κ1) is 20.9. The Morgan fingerprint density at radius 3 is 2.63 bits per heavy atom. The lowest BCUT2D eigenvalue weighted by atomic mass is 10.1. The van der Waals surface area contributed by atoms with E-state index in [0.29, 0.717) is 18.0 Å². The predicted molar refractivity (Wildman–Crippen MR) is 115 cm³/mol. The number of nitrogens with one attached hydrogen (secondary N) is 1. The van der Waals surface area contributed by atoms with E-state index >= 15 is 0 Å². The topological polar surface area (TPSA) is 134 Å². The third kappa shape index (κ3) is 4.44. The van der Waals surface area contributed by atoms with E-state index in [1.807, 2.05) is 6.92 Å². The number of rotatable bonds is 6. The van der Waals surface area contributed by atoms with E-state index in [1.165, 1.54) is 23.1 Å². The molecule has 1 aliphatic heterocycles. The fraction of sp³-hybridized carbons (Fsp3) is 0.150. The summed E-state index contributed by atoms with van der Waals surface area (Å²) in [7, 11) is 0. The molecule has 154 valence electrons. The third-order valence-electron chi connectivity index (χ3n) is 4.17. The van der Waals surface area contributed by atoms with Crippen molar-refractivity contribution < 1.29 is 24.2 Å². The lowest BCUT2D eigenvalue weighted by Gasteiger charge is -2.31. The molecule has 1 heterocycles. The van der Waals surface area contributed by atoms with Gasteiger partial charge >= 0.3 is 5.97 Å². The van der Waals surface area contributed by atoms with Crippen LogP contribution < -0.4 is 20.7 Å². The van der Waals surface area contributed by atoms with Gasteiger partial charge in [0.15, 0.2) is 11.0 Å². The second-order valence-corrected chi connectivity index (χ2v) is 6.66. The molecule has 10 heteroatoms. The van der Waals surface area contributed by atoms with Crippen LogP contribution >= 0.6 is 12.2 Å². The number of thiocarbonyl (C=S) groups is 1. The van der Waals surface area contributed by atoms with E-state index in [0.717, 1.165) is 6.21 Å². The Labute approximate surface area is 177 Å². The van der Waals surface area contributed by atoms with Crippen LogP contribution in [0.3, 0.4) is 0 Å². The molecule has 30 heavy (non-hydrogen) atoms. The van der Waals surface area contributed by atoms with Crippen LogP contribution in [-0.4, -0.2) is 40.8 Å². The molecular weight excluding hydrogens is 408 g/mol. The van der Waals surface area contributed by atoms with Crippen molar-refractivity contribution in [3.8, 4) is 5.75 Å². The zero-order chi connectivity index (χ0) is 21.8. The number of benzene rings is 2. The highest BCUT2D eigenvalue weighted by Gasteiger charge is 2.38. The molecule has 0 spiro atoms. The number of nitrogens with zero attached hydrogens (tertiary/aromatic N) is 2. The number of anilines is 2. The lowest BCUT2D eigenvalue weighted by Crippen LogP contribution is -2.58. The molecule has 1 fully saturated rings. The molecule has 2 aromatic carbocycles. The van der Waals surface area contributed by atoms with Gasteiger partial charge in [0, 0.05) is 11.9 Å². The Balaban J connectivity index is 1.87. The van der Waals surface area contributed by atoms with Gasteiger partial charge in [-0.15, -0.1) is 0 Å². The molecule has 0 bridgehead atoms. The minimum atomic E-state index is -1.25. The summed E-state index contributed by atoms with van der Waals surface area (Å²) in [4.78, 5) is 41.7. The summed E-state index contributed by atoms with van der Waals surface area (Å²) in [5.41, 5.74) is 6.49. The van der Waals surface area contributed by atoms with Gasteiger partial charge in [0.25, 0.3) is 5.91 Å². The van der Waals surface area contributed by atoms with Crippen LogP contribution in [0.1, 0.15) is 17.3 Å². The van der Waals surface area contributed by atoms with Gasteiger partial charge in [-0.05, 0) is 61.6 Å². The average molecular weight is 426 g/mol. The lowest BCUT2D eigenvalue weighted by molar-refractivity contribution is -0.130. The Morgan fingerprint density at radius 1 is 1.30 bits per heavy atom. The number of carboxylic acids is 1. The second kappa shape index (κ2) is 8.70. The molecular formula is C20H18N4O5S. The van der Waals surface area contributed by atoms with Crippen molar-refractivity contribution in [3.63, 3.8) is 0 Å². The summed E-state index contributed by atoms with van der Waals surface area (Å²) in [6.45, 7) is 2.36. The Kier molecular flexibility index (Phi) is 6.07. The summed E-state index contributed by atoms with van der Waals surface area (Å²) in [5.74, 6) is -3.00. The summed E-state index contributed by atoms with van der Waals surface area (Å²) in [6.07, 6.45) is 1.14. The number of carbonyl (C=O) groups excluding carboxylic acids is 2. The van der Waals surface area contributed by atoms with Gasteiger partial charge < -0.3 is 20.9 Å². The molecule has 3 rings (SSSR count). The maximum Gasteiger partial charge on any atom is 0.335 e. The van der Waals surface area contributed by atoms with Gasteiger partial charge in [-0.25, -0.2) is 4.79 Å². The zero-order valence-electron chi connectivity index (χ0n) is 15.9. The molecule has 2 amide bonds. The van der Waals surface area contributed by atoms with Crippen molar-refractivity contribution in [2.75, 3.05) is 17.2 Å². The van der Waals surface area contributed by atoms with Gasteiger partial charge in [-0.1, -0.05) is 0 Å². The maximum atomic E-state index is 13.0. The van der Waals surface area contributed by atoms with Gasteiger partial charge in [0.2, 0.25) is 5.91 Å². The molecule has 1 unspecified atom stereocenters. The van der Waals surface area contributed by atoms with E-state index in [1.54, 1.807) is 24.3 Å². The number of carbonyl (C=O) groups is 3. The number of aliphatic imine (C=N–C) groups is 1. The monoisotopic (exact) mass is 426 g/mol. The van der Waals surface area contributed by atoms with Crippen molar-refractivity contribution >= 4 is 58.4 Å². The normalized spacial score (nSPS) is 16.6. The zero-order valence-corrected chi connectivity index (χ0v) is 16.7. The average Bonchev–Trinajstić information content (AvgIpc) is 2.68. The van der Waals surface area contributed by atoms with Crippen molar-refractivity contribution in [1.29, 1.82) is 0 Å². The highest BCUT2D eigenvalue weighted by molar-refractivity contribution is 7.80. The quantitative estimate of drug-likeness (QED) is 0.279. The van der Waals surface area contributed by atoms with Crippen molar-refractivity contribution in [3.05, 3.63) is 48.0 Å². The highest BCUT2D eigenvalue weighted by atomic mass is 32.1. The van der Waals surface area contributed by atoms with Gasteiger partial charge in [-0.2, -0.15) is 0 Å². The molecule has 0 radical (unpaired) electrons. The van der Waals surface area contributed by atoms with Crippen molar-refractivity contribution in [2.24, 2.45) is 10.9 Å². The summed E-state index contributed by atoms with van der Waals surface area (Å²) in [6, 6.07) is 10.7. The number of nitrogen functional groups attached to an aromatic ring is 1. The van der Waals surface area contributed by atoms with Crippen LogP contribution in [0.4, 0.5) is 17.1 Å². The first-order valence-electron chi connectivity index (χ1n) is 8.90. The third-order valence-corrected chi connectivity index (χ3v) is 4.45. The molecule has 4 N–H and O–H groups in total. The Morgan fingerprint density at radius 2 is 2.00 bits per heavy atom. The molecule has 9 nitrogen and oxygen atoms in total. The summed E-state index contributed by atoms with van der Waals surface area (Å²) in [5, 5.41) is 11.6. The predicted octanol–water partition coefficient (Wildman–Crippen LogP) is 2.13. The fourth-order valence-electron chi connectivity index (χ4n) is 2.82. The van der Waals surface area contributed by atoms with Crippen LogP contribution in [0.15, 0.2) is 47.5 Å². The van der Waals surface area contributed by atoms with E-state index in [4.69, 9.17) is 27.8 Å². The van der Waals surface area contributed by atoms with Crippen LogP contribution in [-0.2, 0) is 9.59 Å². The van der Waals surface area contributed by atoms with E-state index < -0.39 is 23.7 Å². The SMILES string of the molecule is CCOc1ccc(N2C(=O)C(C=Nc3cc(N)cc(C(=O)O)c3)C(=O)NC2=S)cc1. The van der Waals surface area contributed by atoms with Gasteiger partial charge in [0.05, 0.1) is 23.5 Å². The van der Waals surface area contributed by atoms with Gasteiger partial charge in [-0.3, -0.25) is 19.5 Å². The number of aromatic carboxylic acids is 1. The fourth-order valence-corrected chi connectivity index (χ4v) is 3.11. The molecule has 0 aromatic heterocycles. The largest absolute Gasteiger partial charge is 0.494 e. The molecule has 1 aliphatic rings. The Bertz CT molecular complexity index is 1050. The number of carboxylic acid groups (broad SMARTS) is 1. The summed E-state index contributed by atoms with van der Waals surface area (Å²) >= 11 is 5.16. The number of hydrogen-bond acceptors (Lipinski definition) is 7. The second-order valence-electron chi connectivity index (χ2n) is 6.27. The van der Waals surface area contributed by atoms with Crippen molar-refractivity contribution in [1.82, 2.24) is 5.32 Å². The van der Waals surface area contributed by atoms with Crippen LogP contribution in [0.5, 0.6) is 5.75 Å². The maximum absolute atomic E-state index is 13.0. The van der Waals surface area contributed by atoms with Crippen LogP contribution in [0.25, 0.3) is 0 Å². The highest BCUT2D eigenvalue weighted by Crippen LogP contribution is 2.24. The van der Waals surface area contributed by atoms with Crippen molar-refractivity contribution in [2.45, 2.75) is 6.92 Å². The first-order valence-corrected chi connectivity index (χ1v) is 9.30. The van der Waals surface area contributed by atoms with Crippen LogP contribution in [0.2, 0.25) is 0 Å². The standard InChI is InChI=1S/C20H18N4O5S/c1-2-29-15-5-3-14(4-6-15)24-18(26)16(17(25)23-20(24)30)10-22-13-8-11(19(27)28)7-12(21)9-13/h3-10,16H,2,21H2,1H3,(H,27,28)(H,23,25,30).